The van der Waals surface area contributed by atoms with Gasteiger partial charge in [-0.05, 0) is 59.6 Å². The van der Waals surface area contributed by atoms with Crippen LogP contribution < -0.4 is 10.0 Å². The van der Waals surface area contributed by atoms with E-state index >= 15 is 0 Å². The number of fused-ring (bicyclic) bond motifs is 2. The second-order valence-electron chi connectivity index (χ2n) is 9.88. The van der Waals surface area contributed by atoms with Crippen molar-refractivity contribution in [1.82, 2.24) is 0 Å². The van der Waals surface area contributed by atoms with Gasteiger partial charge in [0.05, 0.1) is 17.1 Å². The van der Waals surface area contributed by atoms with E-state index in [2.05, 4.69) is 50.2 Å². The third kappa shape index (κ3) is 4.34. The van der Waals surface area contributed by atoms with E-state index in [0.29, 0.717) is 16.0 Å². The maximum absolute atomic E-state index is 12.8. The molecule has 4 aromatic carbocycles. The monoisotopic (exact) mass is 550 g/mol. The predicted molar refractivity (Wildman–Crippen MR) is 163 cm³/mol. The topological polar surface area (TPSA) is 48.3 Å². The molecule has 0 fully saturated rings. The lowest BCUT2D eigenvalue weighted by atomic mass is 9.92. The van der Waals surface area contributed by atoms with Gasteiger partial charge in [-0.2, -0.15) is 10.2 Å². The van der Waals surface area contributed by atoms with Crippen LogP contribution in [0.25, 0.3) is 0 Å². The van der Waals surface area contributed by atoms with Gasteiger partial charge in [-0.15, -0.1) is 0 Å². The highest BCUT2D eigenvalue weighted by molar-refractivity contribution is 8.17. The van der Waals surface area contributed by atoms with Crippen molar-refractivity contribution in [3.63, 3.8) is 0 Å². The Hall–Kier alpha value is -3.87. The first-order valence-electron chi connectivity index (χ1n) is 12.9. The van der Waals surface area contributed by atoms with Crippen molar-refractivity contribution in [2.24, 2.45) is 10.2 Å². The fraction of sp³-hybridized carbons (Fsp3) is 0.156. The van der Waals surface area contributed by atoms with Crippen LogP contribution in [-0.2, 0) is 9.79 Å². The third-order valence-electron chi connectivity index (χ3n) is 6.96. The summed E-state index contributed by atoms with van der Waals surface area (Å²) in [6.07, 6.45) is 0. The smallest absolute Gasteiger partial charge is 0.234 e. The highest BCUT2D eigenvalue weighted by Crippen LogP contribution is 2.55. The van der Waals surface area contributed by atoms with Gasteiger partial charge in [-0.1, -0.05) is 92.2 Å². The zero-order valence-electron chi connectivity index (χ0n) is 21.9. The van der Waals surface area contributed by atoms with Gasteiger partial charge < -0.3 is 0 Å². The molecule has 5 nitrogen and oxygen atoms in total. The predicted octanol–water partition coefficient (Wildman–Crippen LogP) is 8.00. The van der Waals surface area contributed by atoms with E-state index in [-0.39, 0.29) is 5.78 Å². The maximum atomic E-state index is 12.8. The number of anilines is 2. The summed E-state index contributed by atoms with van der Waals surface area (Å²) in [6, 6.07) is 34.4. The van der Waals surface area contributed by atoms with Gasteiger partial charge in [0, 0.05) is 28.6 Å². The van der Waals surface area contributed by atoms with Crippen molar-refractivity contribution in [2.45, 2.75) is 31.7 Å². The van der Waals surface area contributed by atoms with Crippen molar-refractivity contribution in [3.8, 4) is 0 Å². The lowest BCUT2D eigenvalue weighted by Gasteiger charge is -2.47. The van der Waals surface area contributed by atoms with Crippen molar-refractivity contribution < 1.29 is 4.79 Å². The molecule has 0 amide bonds. The van der Waals surface area contributed by atoms with Crippen LogP contribution in [0.1, 0.15) is 48.9 Å². The molecule has 0 aliphatic carbocycles. The number of rotatable bonds is 5. The number of benzene rings is 4. The molecule has 2 heterocycles. The number of carbonyl (C=O) groups is 1. The Bertz CT molecular complexity index is 1600. The highest BCUT2D eigenvalue weighted by Gasteiger charge is 2.55. The average molecular weight is 551 g/mol. The number of halogens is 1. The average Bonchev–Trinajstić information content (AvgIpc) is 3.36. The molecule has 1 spiro atoms. The van der Waals surface area contributed by atoms with E-state index < -0.39 is 4.99 Å². The molecule has 0 saturated carbocycles. The van der Waals surface area contributed by atoms with Crippen LogP contribution in [0.5, 0.6) is 0 Å². The molecule has 7 heteroatoms. The Morgan fingerprint density at radius 1 is 0.795 bits per heavy atom. The summed E-state index contributed by atoms with van der Waals surface area (Å²) in [6.45, 7) is 5.94. The third-order valence-corrected chi connectivity index (χ3v) is 8.63. The molecule has 2 aliphatic rings. The lowest BCUT2D eigenvalue weighted by Crippen LogP contribution is -2.54. The summed E-state index contributed by atoms with van der Waals surface area (Å²) in [5, 5.41) is 15.2. The molecule has 1 atom stereocenters. The zero-order valence-corrected chi connectivity index (χ0v) is 23.4. The minimum Gasteiger partial charge on any atom is -0.292 e. The molecule has 39 heavy (non-hydrogen) atoms. The second kappa shape index (κ2) is 10.0. The number of para-hydroxylation sites is 1. The molecule has 4 aromatic rings. The molecular weight excluding hydrogens is 524 g/mol. The van der Waals surface area contributed by atoms with Crippen LogP contribution in [0, 0.1) is 0 Å². The Morgan fingerprint density at radius 2 is 1.41 bits per heavy atom. The largest absolute Gasteiger partial charge is 0.292 e. The Balaban J connectivity index is 1.62. The Morgan fingerprint density at radius 3 is 2.08 bits per heavy atom. The summed E-state index contributed by atoms with van der Waals surface area (Å²) >= 11 is 7.66. The molecule has 0 bridgehead atoms. The SMILES string of the molecule is CC(=O)C1=NN(c2ccc(Cl)cc2)[C@]2(S1)c1ccccc1C(c1ccc(C(C)C)cc1)=NN2c1ccccc1. The van der Waals surface area contributed by atoms with Crippen LogP contribution in [0.3, 0.4) is 0 Å². The Labute approximate surface area is 237 Å². The van der Waals surface area contributed by atoms with Crippen LogP contribution >= 0.6 is 23.4 Å². The number of thioether (sulfide) groups is 1. The number of Topliss-reactive ketones (excluding diaryl/α,β-unsaturated/α-hetero) is 1. The molecule has 0 unspecified atom stereocenters. The van der Waals surface area contributed by atoms with E-state index in [1.807, 2.05) is 76.7 Å². The highest BCUT2D eigenvalue weighted by atomic mass is 35.5. The summed E-state index contributed by atoms with van der Waals surface area (Å²) in [5.74, 6) is 0.342. The lowest BCUT2D eigenvalue weighted by molar-refractivity contribution is -0.110. The van der Waals surface area contributed by atoms with Gasteiger partial charge in [0.1, 0.15) is 0 Å². The number of hydrogen-bond donors (Lipinski definition) is 0. The van der Waals surface area contributed by atoms with Crippen LogP contribution in [0.4, 0.5) is 11.4 Å². The zero-order chi connectivity index (χ0) is 27.1. The van der Waals surface area contributed by atoms with Crippen molar-refractivity contribution in [3.05, 3.63) is 130 Å². The summed E-state index contributed by atoms with van der Waals surface area (Å²) < 4.78 is 0. The van der Waals surface area contributed by atoms with Gasteiger partial charge >= 0.3 is 0 Å². The van der Waals surface area contributed by atoms with Crippen molar-refractivity contribution in [1.29, 1.82) is 0 Å². The molecule has 0 N–H and O–H groups in total. The van der Waals surface area contributed by atoms with E-state index in [4.69, 9.17) is 21.8 Å². The summed E-state index contributed by atoms with van der Waals surface area (Å²) in [5.41, 5.74) is 6.84. The first-order valence-corrected chi connectivity index (χ1v) is 14.1. The molecule has 194 valence electrons. The minimum absolute atomic E-state index is 0.0969. The van der Waals surface area contributed by atoms with Crippen LogP contribution in [0.15, 0.2) is 113 Å². The molecule has 6 rings (SSSR count). The first kappa shape index (κ1) is 25.4. The summed E-state index contributed by atoms with van der Waals surface area (Å²) in [7, 11) is 0. The van der Waals surface area contributed by atoms with E-state index in [0.717, 1.165) is 33.8 Å². The van der Waals surface area contributed by atoms with Crippen LogP contribution in [-0.4, -0.2) is 16.5 Å². The van der Waals surface area contributed by atoms with Gasteiger partial charge in [0.25, 0.3) is 0 Å². The molecule has 0 radical (unpaired) electrons. The summed E-state index contributed by atoms with van der Waals surface area (Å²) in [4.78, 5) is 11.8. The fourth-order valence-electron chi connectivity index (χ4n) is 4.97. The van der Waals surface area contributed by atoms with Gasteiger partial charge in [-0.3, -0.25) is 4.79 Å². The fourth-order valence-corrected chi connectivity index (χ4v) is 6.38. The quantitative estimate of drug-likeness (QED) is 0.252. The number of nitrogens with zero attached hydrogens (tertiary/aromatic N) is 4. The number of hydrazone groups is 2. The molecule has 0 saturated heterocycles. The number of ketones is 1. The van der Waals surface area contributed by atoms with Gasteiger partial charge in [-0.25, -0.2) is 10.0 Å². The number of carbonyl (C=O) groups excluding carboxylic acids is 1. The van der Waals surface area contributed by atoms with E-state index in [9.17, 15) is 4.79 Å². The van der Waals surface area contributed by atoms with Gasteiger partial charge in [0.2, 0.25) is 4.99 Å². The second-order valence-corrected chi connectivity index (χ2v) is 11.5. The molecule has 2 aliphatic heterocycles. The van der Waals surface area contributed by atoms with Gasteiger partial charge in [0.15, 0.2) is 10.8 Å². The maximum Gasteiger partial charge on any atom is 0.234 e. The molecular formula is C32H27ClN4OS. The number of hydrogen-bond acceptors (Lipinski definition) is 6. The standard InChI is InChI=1S/C32H27ClN4OS/c1-21(2)23-13-15-24(16-14-23)30-28-11-7-8-12-29(28)32(36(34-30)26-9-5-4-6-10-26)37(35-31(39-32)22(3)38)27-19-17-25(33)18-20-27/h4-21H,1-3H3/t32-/m0/s1. The molecule has 0 aromatic heterocycles. The minimum atomic E-state index is -0.978. The van der Waals surface area contributed by atoms with Crippen molar-refractivity contribution in [2.75, 3.05) is 10.0 Å². The van der Waals surface area contributed by atoms with Crippen molar-refractivity contribution >= 4 is 51.3 Å². The van der Waals surface area contributed by atoms with E-state index in [1.54, 1.807) is 6.92 Å². The normalized spacial score (nSPS) is 18.3. The van der Waals surface area contributed by atoms with Crippen LogP contribution in [0.2, 0.25) is 5.02 Å². The Kier molecular flexibility index (Phi) is 6.53. The first-order chi connectivity index (χ1) is 18.9. The van der Waals surface area contributed by atoms with E-state index in [1.165, 1.54) is 17.3 Å².